The molecule has 28 heavy (non-hydrogen) atoms. The van der Waals surface area contributed by atoms with Crippen molar-refractivity contribution in [3.05, 3.63) is 47.3 Å². The van der Waals surface area contributed by atoms with Crippen molar-refractivity contribution in [3.8, 4) is 0 Å². The highest BCUT2D eigenvalue weighted by molar-refractivity contribution is 5.71. The van der Waals surface area contributed by atoms with E-state index in [4.69, 9.17) is 0 Å². The van der Waals surface area contributed by atoms with Gasteiger partial charge in [-0.05, 0) is 46.0 Å². The monoisotopic (exact) mass is 384 g/mol. The molecule has 7 nitrogen and oxygen atoms in total. The minimum atomic E-state index is -0.798. The van der Waals surface area contributed by atoms with Crippen LogP contribution < -0.4 is 0 Å². The van der Waals surface area contributed by atoms with Crippen molar-refractivity contribution < 1.29 is 14.4 Å². The van der Waals surface area contributed by atoms with E-state index in [2.05, 4.69) is 65.1 Å². The molecule has 0 radical (unpaired) electrons. The van der Waals surface area contributed by atoms with Gasteiger partial charge in [-0.15, -0.1) is 5.10 Å². The Kier molecular flexibility index (Phi) is 6.24. The number of H-pyrrole nitrogens is 1. The van der Waals surface area contributed by atoms with E-state index in [0.717, 1.165) is 36.0 Å². The number of quaternary nitrogens is 1. The van der Waals surface area contributed by atoms with Crippen LogP contribution in [-0.2, 0) is 11.2 Å². The summed E-state index contributed by atoms with van der Waals surface area (Å²) in [5, 5.41) is 23.8. The molecule has 0 aliphatic carbocycles. The van der Waals surface area contributed by atoms with Crippen LogP contribution in [0, 0.1) is 5.92 Å². The zero-order valence-corrected chi connectivity index (χ0v) is 16.9. The van der Waals surface area contributed by atoms with Crippen molar-refractivity contribution in [1.29, 1.82) is 0 Å². The molecule has 2 N–H and O–H groups in total. The number of hydrogen-bond acceptors (Lipinski definition) is 4. The molecule has 0 saturated heterocycles. The number of aromatic nitrogens is 4. The molecule has 2 aromatic rings. The number of tetrazole rings is 1. The van der Waals surface area contributed by atoms with Crippen LogP contribution in [0.3, 0.4) is 0 Å². The number of aliphatic carboxylic acids is 1. The number of hydrogen-bond donors (Lipinski definition) is 2. The minimum absolute atomic E-state index is 0.273. The molecule has 1 aromatic heterocycles. The molecule has 0 fully saturated rings. The van der Waals surface area contributed by atoms with Crippen LogP contribution in [0.5, 0.6) is 0 Å². The number of carboxylic acids is 1. The molecule has 0 spiro atoms. The van der Waals surface area contributed by atoms with Gasteiger partial charge in [-0.1, -0.05) is 37.6 Å². The van der Waals surface area contributed by atoms with Crippen molar-refractivity contribution in [2.45, 2.75) is 38.5 Å². The molecule has 1 aliphatic heterocycles. The van der Waals surface area contributed by atoms with Gasteiger partial charge in [-0.25, -0.2) is 5.10 Å². The van der Waals surface area contributed by atoms with Gasteiger partial charge in [-0.2, -0.15) is 0 Å². The summed E-state index contributed by atoms with van der Waals surface area (Å²) in [4.78, 5) is 11.8. The van der Waals surface area contributed by atoms with Crippen LogP contribution in [0.25, 0.3) is 5.57 Å². The van der Waals surface area contributed by atoms with Crippen LogP contribution in [0.15, 0.2) is 30.3 Å². The Labute approximate surface area is 166 Å². The molecule has 0 amide bonds. The molecule has 2 heterocycles. The Morgan fingerprint density at radius 3 is 2.57 bits per heavy atom. The molecule has 1 aliphatic rings. The summed E-state index contributed by atoms with van der Waals surface area (Å²) < 4.78 is 1.03. The summed E-state index contributed by atoms with van der Waals surface area (Å²) in [6, 6.07) is 8.51. The highest BCUT2D eigenvalue weighted by Gasteiger charge is 2.31. The van der Waals surface area contributed by atoms with Gasteiger partial charge < -0.3 is 9.59 Å². The van der Waals surface area contributed by atoms with E-state index in [9.17, 15) is 9.90 Å². The molecule has 1 aromatic carbocycles. The van der Waals surface area contributed by atoms with Gasteiger partial charge >= 0.3 is 5.97 Å². The van der Waals surface area contributed by atoms with E-state index in [1.165, 1.54) is 11.1 Å². The lowest BCUT2D eigenvalue weighted by atomic mass is 9.83. The highest BCUT2D eigenvalue weighted by atomic mass is 16.4. The fourth-order valence-corrected chi connectivity index (χ4v) is 3.91. The number of carbonyl (C=O) groups is 1. The zero-order chi connectivity index (χ0) is 20.1. The maximum atomic E-state index is 11.8. The lowest BCUT2D eigenvalue weighted by Crippen LogP contribution is -2.42. The zero-order valence-electron chi connectivity index (χ0n) is 16.9. The predicted octanol–water partition coefficient (Wildman–Crippen LogP) is 2.89. The predicted molar refractivity (Wildman–Crippen MR) is 108 cm³/mol. The fourth-order valence-electron chi connectivity index (χ4n) is 3.91. The lowest BCUT2D eigenvalue weighted by Gasteiger charge is -2.32. The van der Waals surface area contributed by atoms with Gasteiger partial charge in [0.15, 0.2) is 5.82 Å². The maximum Gasteiger partial charge on any atom is 0.307 e. The number of benzene rings is 1. The maximum absolute atomic E-state index is 11.8. The summed E-state index contributed by atoms with van der Waals surface area (Å²) >= 11 is 0. The summed E-state index contributed by atoms with van der Waals surface area (Å²) in [6.07, 6.45) is 5.41. The quantitative estimate of drug-likeness (QED) is 0.683. The van der Waals surface area contributed by atoms with E-state index in [1.54, 1.807) is 0 Å². The van der Waals surface area contributed by atoms with Gasteiger partial charge in [0.05, 0.1) is 33.1 Å². The van der Waals surface area contributed by atoms with Crippen molar-refractivity contribution in [1.82, 2.24) is 20.6 Å². The van der Waals surface area contributed by atoms with Crippen LogP contribution >= 0.6 is 0 Å². The standard InChI is InChI=1S/C21H29N5O2/c1-4-5-18(21(27)28)19(20-22-24-25-23-20)14-15-6-8-16(9-7-15)17-10-12-26(2,3)13-11-17/h6-10,18-19H,4-5,11-14H2,1-3H3,(H-,22,23,24,25,27,28)/p+1/t18-,19-/m0/s1. The van der Waals surface area contributed by atoms with Crippen LogP contribution in [-0.4, -0.2) is 63.4 Å². The van der Waals surface area contributed by atoms with Crippen LogP contribution in [0.4, 0.5) is 0 Å². The third kappa shape index (κ3) is 4.84. The molecular weight excluding hydrogens is 354 g/mol. The van der Waals surface area contributed by atoms with Crippen molar-refractivity contribution in [2.75, 3.05) is 27.2 Å². The third-order valence-electron chi connectivity index (χ3n) is 5.71. The minimum Gasteiger partial charge on any atom is -0.481 e. The third-order valence-corrected chi connectivity index (χ3v) is 5.71. The highest BCUT2D eigenvalue weighted by Crippen LogP contribution is 2.31. The summed E-state index contributed by atoms with van der Waals surface area (Å²) in [5.74, 6) is -1.04. The van der Waals surface area contributed by atoms with E-state index >= 15 is 0 Å². The molecule has 0 saturated carbocycles. The Hall–Kier alpha value is -2.54. The molecule has 0 unspecified atom stereocenters. The van der Waals surface area contributed by atoms with Crippen LogP contribution in [0.2, 0.25) is 0 Å². The van der Waals surface area contributed by atoms with Crippen molar-refractivity contribution in [3.63, 3.8) is 0 Å². The molecule has 2 atom stereocenters. The largest absolute Gasteiger partial charge is 0.481 e. The first kappa shape index (κ1) is 20.2. The Balaban J connectivity index is 1.78. The number of nitrogens with one attached hydrogen (secondary N) is 1. The lowest BCUT2D eigenvalue weighted by molar-refractivity contribution is -0.885. The average Bonchev–Trinajstić information content (AvgIpc) is 3.19. The Bertz CT molecular complexity index is 812. The molecule has 0 bridgehead atoms. The van der Waals surface area contributed by atoms with E-state index < -0.39 is 11.9 Å². The second-order valence-electron chi connectivity index (χ2n) is 8.35. The van der Waals surface area contributed by atoms with Crippen molar-refractivity contribution in [2.24, 2.45) is 5.92 Å². The van der Waals surface area contributed by atoms with Gasteiger partial charge in [0.1, 0.15) is 0 Å². The van der Waals surface area contributed by atoms with Crippen molar-refractivity contribution >= 4 is 11.5 Å². The number of likely N-dealkylation sites (N-methyl/N-ethyl adjacent to an activating group) is 1. The summed E-state index contributed by atoms with van der Waals surface area (Å²) in [6.45, 7) is 4.19. The molecule has 7 heteroatoms. The summed E-state index contributed by atoms with van der Waals surface area (Å²) in [5.41, 5.74) is 3.75. The fraction of sp³-hybridized carbons (Fsp3) is 0.524. The number of aromatic amines is 1. The number of rotatable bonds is 8. The van der Waals surface area contributed by atoms with E-state index in [1.807, 2.05) is 6.92 Å². The second kappa shape index (κ2) is 8.65. The molecular formula is C21H30N5O2+. The average molecular weight is 385 g/mol. The van der Waals surface area contributed by atoms with Gasteiger partial charge in [0, 0.05) is 12.3 Å². The SMILES string of the molecule is CCC[C@H](C(=O)O)[C@H](Cc1ccc(C2=CC[N+](C)(C)CC2)cc1)c1nnn[nH]1. The molecule has 150 valence electrons. The smallest absolute Gasteiger partial charge is 0.307 e. The topological polar surface area (TPSA) is 91.8 Å². The first-order valence-electron chi connectivity index (χ1n) is 9.96. The first-order valence-corrected chi connectivity index (χ1v) is 9.96. The Morgan fingerprint density at radius 1 is 1.29 bits per heavy atom. The molecule has 3 rings (SSSR count). The van der Waals surface area contributed by atoms with E-state index in [0.29, 0.717) is 18.7 Å². The second-order valence-corrected chi connectivity index (χ2v) is 8.35. The van der Waals surface area contributed by atoms with Gasteiger partial charge in [-0.3, -0.25) is 4.79 Å². The van der Waals surface area contributed by atoms with E-state index in [-0.39, 0.29) is 5.92 Å². The van der Waals surface area contributed by atoms with Crippen LogP contribution in [0.1, 0.15) is 49.1 Å². The van der Waals surface area contributed by atoms with Gasteiger partial charge in [0.25, 0.3) is 0 Å². The Morgan fingerprint density at radius 2 is 2.04 bits per heavy atom. The number of nitrogens with zero attached hydrogens (tertiary/aromatic N) is 4. The van der Waals surface area contributed by atoms with Gasteiger partial charge in [0.2, 0.25) is 0 Å². The first-order chi connectivity index (χ1) is 13.4. The summed E-state index contributed by atoms with van der Waals surface area (Å²) in [7, 11) is 4.51. The number of carboxylic acid groups (broad SMARTS) is 1. The normalized spacial score (nSPS) is 18.3.